The van der Waals surface area contributed by atoms with Gasteiger partial charge >= 0.3 is 0 Å². The summed E-state index contributed by atoms with van der Waals surface area (Å²) in [6, 6.07) is 8.32. The van der Waals surface area contributed by atoms with Crippen molar-refractivity contribution >= 4 is 22.3 Å². The summed E-state index contributed by atoms with van der Waals surface area (Å²) in [4.78, 5) is 16.3. The van der Waals surface area contributed by atoms with Crippen LogP contribution in [0.2, 0.25) is 0 Å². The fourth-order valence-corrected chi connectivity index (χ4v) is 3.42. The fourth-order valence-electron chi connectivity index (χ4n) is 2.75. The summed E-state index contributed by atoms with van der Waals surface area (Å²) < 4.78 is 0. The van der Waals surface area contributed by atoms with Crippen LogP contribution in [-0.4, -0.2) is 10.8 Å². The highest BCUT2D eigenvalue weighted by Crippen LogP contribution is 2.32. The molecule has 120 valence electrons. The quantitative estimate of drug-likeness (QED) is 0.822. The van der Waals surface area contributed by atoms with Crippen LogP contribution in [0.5, 0.6) is 0 Å². The number of anilines is 1. The van der Waals surface area contributed by atoms with Crippen molar-refractivity contribution in [3.8, 4) is 11.3 Å². The number of hydrazine groups is 1. The first-order valence-electron chi connectivity index (χ1n) is 7.69. The first kappa shape index (κ1) is 15.7. The molecular formula is C18H21N3OS. The molecule has 0 aliphatic heterocycles. The predicted octanol–water partition coefficient (Wildman–Crippen LogP) is 4.31. The molecule has 0 fully saturated rings. The van der Waals surface area contributed by atoms with Crippen LogP contribution in [0.1, 0.15) is 32.3 Å². The van der Waals surface area contributed by atoms with Crippen molar-refractivity contribution in [2.45, 2.75) is 33.6 Å². The topological polar surface area (TPSA) is 54.0 Å². The second kappa shape index (κ2) is 6.16. The molecule has 1 aromatic heterocycles. The van der Waals surface area contributed by atoms with Crippen molar-refractivity contribution in [3.63, 3.8) is 0 Å². The van der Waals surface area contributed by atoms with Gasteiger partial charge in [-0.1, -0.05) is 43.7 Å². The largest absolute Gasteiger partial charge is 0.303 e. The summed E-state index contributed by atoms with van der Waals surface area (Å²) in [5.74, 6) is 0.171. The minimum absolute atomic E-state index is 0.00574. The Morgan fingerprint density at radius 1 is 1.13 bits per heavy atom. The van der Waals surface area contributed by atoms with Crippen LogP contribution in [0, 0.1) is 12.3 Å². The molecule has 0 amide bonds. The Kier molecular flexibility index (Phi) is 4.22. The molecule has 0 saturated carbocycles. The van der Waals surface area contributed by atoms with Crippen LogP contribution >= 0.6 is 11.3 Å². The standard InChI is InChI=1S/C18H21N3OS/c1-12-4-6-13(7-5-12)16-11-23-17(19-16)21-20-14-8-15(22)10-18(2,3)9-14/h4-8,11,20H,9-10H2,1-3H3,(H,19,21). The Labute approximate surface area is 140 Å². The highest BCUT2D eigenvalue weighted by atomic mass is 32.1. The van der Waals surface area contributed by atoms with Gasteiger partial charge in [-0.25, -0.2) is 4.98 Å². The van der Waals surface area contributed by atoms with Gasteiger partial charge in [-0.3, -0.25) is 10.2 Å². The molecular weight excluding hydrogens is 306 g/mol. The summed E-state index contributed by atoms with van der Waals surface area (Å²) in [6.07, 6.45) is 3.14. The maximum Gasteiger partial charge on any atom is 0.202 e. The lowest BCUT2D eigenvalue weighted by Crippen LogP contribution is -2.30. The normalized spacial score (nSPS) is 16.8. The molecule has 2 N–H and O–H groups in total. The molecule has 5 heteroatoms. The Morgan fingerprint density at radius 3 is 2.57 bits per heavy atom. The van der Waals surface area contributed by atoms with Crippen molar-refractivity contribution in [1.29, 1.82) is 0 Å². The van der Waals surface area contributed by atoms with E-state index in [1.807, 2.05) is 5.38 Å². The number of nitrogens with one attached hydrogen (secondary N) is 2. The molecule has 2 aromatic rings. The van der Waals surface area contributed by atoms with Crippen LogP contribution in [0.4, 0.5) is 5.13 Å². The number of aromatic nitrogens is 1. The molecule has 0 unspecified atom stereocenters. The fraction of sp³-hybridized carbons (Fsp3) is 0.333. The molecule has 1 aliphatic carbocycles. The van der Waals surface area contributed by atoms with Gasteiger partial charge in [0, 0.05) is 29.1 Å². The number of allylic oxidation sites excluding steroid dienone is 2. The van der Waals surface area contributed by atoms with E-state index in [1.54, 1.807) is 17.4 Å². The van der Waals surface area contributed by atoms with Gasteiger partial charge in [-0.15, -0.1) is 11.3 Å². The average molecular weight is 327 g/mol. The molecule has 0 spiro atoms. The molecule has 3 rings (SSSR count). The van der Waals surface area contributed by atoms with E-state index < -0.39 is 0 Å². The molecule has 0 radical (unpaired) electrons. The number of ketones is 1. The van der Waals surface area contributed by atoms with Gasteiger partial charge in [-0.05, 0) is 18.8 Å². The number of carbonyl (C=O) groups is 1. The number of hydrogen-bond acceptors (Lipinski definition) is 5. The van der Waals surface area contributed by atoms with E-state index >= 15 is 0 Å². The van der Waals surface area contributed by atoms with E-state index in [2.05, 4.69) is 60.9 Å². The lowest BCUT2D eigenvalue weighted by atomic mass is 9.79. The van der Waals surface area contributed by atoms with Gasteiger partial charge in [0.2, 0.25) is 5.13 Å². The van der Waals surface area contributed by atoms with Crippen molar-refractivity contribution < 1.29 is 4.79 Å². The molecule has 4 nitrogen and oxygen atoms in total. The smallest absolute Gasteiger partial charge is 0.202 e. The Hall–Kier alpha value is -2.14. The number of carbonyl (C=O) groups excluding carboxylic acids is 1. The van der Waals surface area contributed by atoms with Crippen molar-refractivity contribution in [1.82, 2.24) is 10.4 Å². The molecule has 1 heterocycles. The van der Waals surface area contributed by atoms with Crippen molar-refractivity contribution in [2.75, 3.05) is 5.43 Å². The van der Waals surface area contributed by atoms with Crippen LogP contribution < -0.4 is 10.9 Å². The maximum absolute atomic E-state index is 11.8. The Morgan fingerprint density at radius 2 is 1.87 bits per heavy atom. The van der Waals surface area contributed by atoms with Crippen LogP contribution in [0.3, 0.4) is 0 Å². The number of rotatable bonds is 4. The Bertz CT molecular complexity index is 744. The van der Waals surface area contributed by atoms with Gasteiger partial charge in [0.05, 0.1) is 5.69 Å². The third-order valence-electron chi connectivity index (χ3n) is 3.84. The highest BCUT2D eigenvalue weighted by Gasteiger charge is 2.27. The van der Waals surface area contributed by atoms with E-state index in [9.17, 15) is 4.79 Å². The minimum atomic E-state index is 0.00574. The number of hydrogen-bond donors (Lipinski definition) is 2. The lowest BCUT2D eigenvalue weighted by Gasteiger charge is -2.29. The number of benzene rings is 1. The van der Waals surface area contributed by atoms with E-state index in [0.717, 1.165) is 28.5 Å². The number of nitrogens with zero attached hydrogens (tertiary/aromatic N) is 1. The third-order valence-corrected chi connectivity index (χ3v) is 4.60. The average Bonchev–Trinajstić information content (AvgIpc) is 2.93. The minimum Gasteiger partial charge on any atom is -0.303 e. The predicted molar refractivity (Wildman–Crippen MR) is 95.2 cm³/mol. The first-order valence-corrected chi connectivity index (χ1v) is 8.57. The molecule has 0 atom stereocenters. The zero-order valence-electron chi connectivity index (χ0n) is 13.6. The monoisotopic (exact) mass is 327 g/mol. The first-order chi connectivity index (χ1) is 10.9. The van der Waals surface area contributed by atoms with E-state index in [0.29, 0.717) is 6.42 Å². The second-order valence-electron chi connectivity index (χ2n) is 6.81. The Balaban J connectivity index is 1.66. The summed E-state index contributed by atoms with van der Waals surface area (Å²) >= 11 is 1.54. The molecule has 23 heavy (non-hydrogen) atoms. The van der Waals surface area contributed by atoms with E-state index in [-0.39, 0.29) is 11.2 Å². The summed E-state index contributed by atoms with van der Waals surface area (Å²) in [7, 11) is 0. The second-order valence-corrected chi connectivity index (χ2v) is 7.67. The summed E-state index contributed by atoms with van der Waals surface area (Å²) in [5.41, 5.74) is 10.5. The molecule has 0 saturated heterocycles. The van der Waals surface area contributed by atoms with Crippen LogP contribution in [-0.2, 0) is 4.79 Å². The summed E-state index contributed by atoms with van der Waals surface area (Å²) in [6.45, 7) is 6.29. The SMILES string of the molecule is Cc1ccc(-c2csc(NNC3=CC(=O)CC(C)(C)C3)n2)cc1. The van der Waals surface area contributed by atoms with Gasteiger partial charge in [0.25, 0.3) is 0 Å². The highest BCUT2D eigenvalue weighted by molar-refractivity contribution is 7.14. The van der Waals surface area contributed by atoms with Crippen molar-refractivity contribution in [2.24, 2.45) is 5.41 Å². The van der Waals surface area contributed by atoms with Crippen LogP contribution in [0.25, 0.3) is 11.3 Å². The third kappa shape index (κ3) is 3.99. The number of thiazole rings is 1. The van der Waals surface area contributed by atoms with Gasteiger partial charge in [0.15, 0.2) is 5.78 Å². The summed E-state index contributed by atoms with van der Waals surface area (Å²) in [5, 5.41) is 2.82. The maximum atomic E-state index is 11.8. The molecule has 1 aromatic carbocycles. The van der Waals surface area contributed by atoms with Gasteiger partial charge in [-0.2, -0.15) is 0 Å². The number of aryl methyl sites for hydroxylation is 1. The zero-order chi connectivity index (χ0) is 16.4. The van der Waals surface area contributed by atoms with E-state index in [1.165, 1.54) is 5.56 Å². The van der Waals surface area contributed by atoms with Crippen LogP contribution in [0.15, 0.2) is 41.4 Å². The van der Waals surface area contributed by atoms with Crippen molar-refractivity contribution in [3.05, 3.63) is 47.0 Å². The van der Waals surface area contributed by atoms with Gasteiger partial charge < -0.3 is 5.43 Å². The molecule has 0 bridgehead atoms. The lowest BCUT2D eigenvalue weighted by molar-refractivity contribution is -0.117. The van der Waals surface area contributed by atoms with Gasteiger partial charge in [0.1, 0.15) is 0 Å². The van der Waals surface area contributed by atoms with E-state index in [4.69, 9.17) is 0 Å². The zero-order valence-corrected chi connectivity index (χ0v) is 14.5. The molecule has 1 aliphatic rings.